The summed E-state index contributed by atoms with van der Waals surface area (Å²) in [5, 5.41) is 12.9. The maximum absolute atomic E-state index is 10.9. The summed E-state index contributed by atoms with van der Waals surface area (Å²) < 4.78 is 1.51. The minimum atomic E-state index is -0.801. The van der Waals surface area contributed by atoms with Crippen LogP contribution in [0.1, 0.15) is 38.6 Å². The first kappa shape index (κ1) is 10.8. The van der Waals surface area contributed by atoms with E-state index < -0.39 is 12.0 Å². The van der Waals surface area contributed by atoms with E-state index in [2.05, 4.69) is 12.0 Å². The minimum Gasteiger partial charge on any atom is -0.480 e. The number of aliphatic carboxylic acids is 1. The molecule has 0 bridgehead atoms. The lowest BCUT2D eigenvalue weighted by Gasteiger charge is -2.12. The number of hydrogen-bond donors (Lipinski definition) is 1. The standard InChI is InChI=1S/C10H16N2O2/c1-2-3-4-6-9(10(13)14)12-8-5-7-11-12/h5,7-9H,2-4,6H2,1H3,(H,13,14). The zero-order chi connectivity index (χ0) is 10.4. The molecule has 1 aromatic heterocycles. The second-order valence-corrected chi connectivity index (χ2v) is 3.34. The monoisotopic (exact) mass is 196 g/mol. The molecule has 1 unspecified atom stereocenters. The van der Waals surface area contributed by atoms with E-state index in [4.69, 9.17) is 5.11 Å². The van der Waals surface area contributed by atoms with Crippen LogP contribution in [0.2, 0.25) is 0 Å². The Kier molecular flexibility index (Phi) is 4.16. The first-order valence-corrected chi connectivity index (χ1v) is 4.97. The number of nitrogens with zero attached hydrogens (tertiary/aromatic N) is 2. The van der Waals surface area contributed by atoms with Crippen molar-refractivity contribution in [1.29, 1.82) is 0 Å². The van der Waals surface area contributed by atoms with Crippen molar-refractivity contribution in [3.05, 3.63) is 18.5 Å². The summed E-state index contributed by atoms with van der Waals surface area (Å²) in [6.45, 7) is 2.10. The molecule has 0 saturated heterocycles. The molecule has 14 heavy (non-hydrogen) atoms. The summed E-state index contributed by atoms with van der Waals surface area (Å²) in [6.07, 6.45) is 7.08. The van der Waals surface area contributed by atoms with Gasteiger partial charge >= 0.3 is 5.97 Å². The van der Waals surface area contributed by atoms with Gasteiger partial charge in [-0.3, -0.25) is 4.68 Å². The molecule has 0 amide bonds. The molecule has 0 radical (unpaired) electrons. The third kappa shape index (κ3) is 2.87. The minimum absolute atomic E-state index is 0.503. The predicted molar refractivity (Wildman–Crippen MR) is 53.0 cm³/mol. The number of aromatic nitrogens is 2. The van der Waals surface area contributed by atoms with E-state index in [0.29, 0.717) is 6.42 Å². The van der Waals surface area contributed by atoms with Gasteiger partial charge in [-0.15, -0.1) is 0 Å². The van der Waals surface area contributed by atoms with Crippen molar-refractivity contribution in [2.45, 2.75) is 38.6 Å². The average Bonchev–Trinajstić information content (AvgIpc) is 2.64. The first-order valence-electron chi connectivity index (χ1n) is 4.97. The molecule has 0 saturated carbocycles. The second-order valence-electron chi connectivity index (χ2n) is 3.34. The van der Waals surface area contributed by atoms with Crippen molar-refractivity contribution >= 4 is 5.97 Å². The summed E-state index contributed by atoms with van der Waals surface area (Å²) in [4.78, 5) is 10.9. The number of rotatable bonds is 6. The lowest BCUT2D eigenvalue weighted by atomic mass is 10.1. The van der Waals surface area contributed by atoms with Gasteiger partial charge in [0.1, 0.15) is 6.04 Å². The van der Waals surface area contributed by atoms with Crippen LogP contribution in [0.3, 0.4) is 0 Å². The van der Waals surface area contributed by atoms with Crippen molar-refractivity contribution in [3.8, 4) is 0 Å². The molecule has 0 aromatic carbocycles. The van der Waals surface area contributed by atoms with Crippen molar-refractivity contribution in [2.75, 3.05) is 0 Å². The van der Waals surface area contributed by atoms with E-state index in [1.165, 1.54) is 4.68 Å². The summed E-state index contributed by atoms with van der Waals surface area (Å²) in [5.74, 6) is -0.801. The van der Waals surface area contributed by atoms with Gasteiger partial charge in [-0.2, -0.15) is 5.10 Å². The molecule has 78 valence electrons. The molecule has 1 rings (SSSR count). The van der Waals surface area contributed by atoms with Crippen LogP contribution in [0.4, 0.5) is 0 Å². The second kappa shape index (κ2) is 5.42. The van der Waals surface area contributed by atoms with Crippen molar-refractivity contribution < 1.29 is 9.90 Å². The lowest BCUT2D eigenvalue weighted by molar-refractivity contribution is -0.141. The summed E-state index contributed by atoms with van der Waals surface area (Å²) >= 11 is 0. The number of carbonyl (C=O) groups is 1. The highest BCUT2D eigenvalue weighted by Crippen LogP contribution is 2.14. The number of carboxylic acid groups (broad SMARTS) is 1. The fourth-order valence-corrected chi connectivity index (χ4v) is 1.42. The van der Waals surface area contributed by atoms with Gasteiger partial charge in [-0.25, -0.2) is 4.79 Å². The van der Waals surface area contributed by atoms with E-state index in [1.54, 1.807) is 18.5 Å². The van der Waals surface area contributed by atoms with E-state index in [-0.39, 0.29) is 0 Å². The van der Waals surface area contributed by atoms with Crippen molar-refractivity contribution in [1.82, 2.24) is 9.78 Å². The Hall–Kier alpha value is -1.32. The Morgan fingerprint density at radius 1 is 1.57 bits per heavy atom. The average molecular weight is 196 g/mol. The SMILES string of the molecule is CCCCCC(C(=O)O)n1cccn1. The van der Waals surface area contributed by atoms with Gasteiger partial charge in [0.25, 0.3) is 0 Å². The smallest absolute Gasteiger partial charge is 0.328 e. The fourth-order valence-electron chi connectivity index (χ4n) is 1.42. The highest BCUT2D eigenvalue weighted by molar-refractivity contribution is 5.71. The van der Waals surface area contributed by atoms with E-state index in [9.17, 15) is 4.79 Å². The summed E-state index contributed by atoms with van der Waals surface area (Å²) in [5.41, 5.74) is 0. The molecule has 0 aliphatic rings. The molecular weight excluding hydrogens is 180 g/mol. The molecule has 0 aliphatic carbocycles. The maximum Gasteiger partial charge on any atom is 0.328 e. The molecule has 0 fully saturated rings. The van der Waals surface area contributed by atoms with Gasteiger partial charge in [-0.05, 0) is 12.5 Å². The van der Waals surface area contributed by atoms with Crippen molar-refractivity contribution in [3.63, 3.8) is 0 Å². The van der Waals surface area contributed by atoms with Gasteiger partial charge in [0.2, 0.25) is 0 Å². The van der Waals surface area contributed by atoms with Crippen LogP contribution >= 0.6 is 0 Å². The zero-order valence-electron chi connectivity index (χ0n) is 8.39. The normalized spacial score (nSPS) is 12.6. The van der Waals surface area contributed by atoms with Gasteiger partial charge in [-0.1, -0.05) is 26.2 Å². The third-order valence-electron chi connectivity index (χ3n) is 2.21. The first-order chi connectivity index (χ1) is 6.75. The Morgan fingerprint density at radius 2 is 2.36 bits per heavy atom. The molecule has 0 spiro atoms. The molecular formula is C10H16N2O2. The van der Waals surface area contributed by atoms with Crippen molar-refractivity contribution in [2.24, 2.45) is 0 Å². The molecule has 1 heterocycles. The lowest BCUT2D eigenvalue weighted by Crippen LogP contribution is -2.19. The molecule has 4 heteroatoms. The van der Waals surface area contributed by atoms with Crippen LogP contribution in [-0.2, 0) is 4.79 Å². The van der Waals surface area contributed by atoms with Gasteiger partial charge in [0.05, 0.1) is 0 Å². The maximum atomic E-state index is 10.9. The highest BCUT2D eigenvalue weighted by Gasteiger charge is 2.18. The largest absolute Gasteiger partial charge is 0.480 e. The molecule has 1 atom stereocenters. The van der Waals surface area contributed by atoms with E-state index >= 15 is 0 Å². The quantitative estimate of drug-likeness (QED) is 0.709. The van der Waals surface area contributed by atoms with Gasteiger partial charge < -0.3 is 5.11 Å². The van der Waals surface area contributed by atoms with Gasteiger partial charge in [0, 0.05) is 12.4 Å². The molecule has 1 N–H and O–H groups in total. The van der Waals surface area contributed by atoms with Crippen LogP contribution in [0.5, 0.6) is 0 Å². The van der Waals surface area contributed by atoms with Gasteiger partial charge in [0.15, 0.2) is 0 Å². The Bertz CT molecular complexity index is 270. The Balaban J connectivity index is 2.52. The molecule has 4 nitrogen and oxygen atoms in total. The van der Waals surface area contributed by atoms with Crippen LogP contribution < -0.4 is 0 Å². The number of unbranched alkanes of at least 4 members (excludes halogenated alkanes) is 2. The van der Waals surface area contributed by atoms with E-state index in [0.717, 1.165) is 19.3 Å². The predicted octanol–water partition coefficient (Wildman–Crippen LogP) is 2.09. The molecule has 0 aliphatic heterocycles. The highest BCUT2D eigenvalue weighted by atomic mass is 16.4. The molecule has 1 aromatic rings. The van der Waals surface area contributed by atoms with Crippen LogP contribution in [-0.4, -0.2) is 20.9 Å². The van der Waals surface area contributed by atoms with Crippen LogP contribution in [0.15, 0.2) is 18.5 Å². The summed E-state index contributed by atoms with van der Waals surface area (Å²) in [7, 11) is 0. The Labute approximate surface area is 83.5 Å². The summed E-state index contributed by atoms with van der Waals surface area (Å²) in [6, 6.07) is 1.24. The fraction of sp³-hybridized carbons (Fsp3) is 0.600. The topological polar surface area (TPSA) is 55.1 Å². The number of hydrogen-bond acceptors (Lipinski definition) is 2. The van der Waals surface area contributed by atoms with Crippen LogP contribution in [0, 0.1) is 0 Å². The zero-order valence-corrected chi connectivity index (χ0v) is 8.39. The Morgan fingerprint density at radius 3 is 2.86 bits per heavy atom. The number of carboxylic acids is 1. The van der Waals surface area contributed by atoms with Crippen LogP contribution in [0.25, 0.3) is 0 Å². The third-order valence-corrected chi connectivity index (χ3v) is 2.21. The van der Waals surface area contributed by atoms with E-state index in [1.807, 2.05) is 0 Å².